The number of rotatable bonds is 6. The smallest absolute Gasteiger partial charge is 0.222 e. The number of piperidine rings is 1. The maximum absolute atomic E-state index is 12.4. The molecule has 0 radical (unpaired) electrons. The highest BCUT2D eigenvalue weighted by atomic mass is 16.2. The first kappa shape index (κ1) is 17.7. The molecule has 1 aliphatic heterocycles. The van der Waals surface area contributed by atoms with Crippen molar-refractivity contribution in [3.63, 3.8) is 0 Å². The molecule has 1 heterocycles. The molecule has 25 heavy (non-hydrogen) atoms. The van der Waals surface area contributed by atoms with Gasteiger partial charge >= 0.3 is 0 Å². The highest BCUT2D eigenvalue weighted by Crippen LogP contribution is 2.22. The summed E-state index contributed by atoms with van der Waals surface area (Å²) in [5.41, 5.74) is 4.04. The van der Waals surface area contributed by atoms with E-state index in [1.807, 2.05) is 0 Å². The summed E-state index contributed by atoms with van der Waals surface area (Å²) < 4.78 is 0. The second kappa shape index (κ2) is 8.84. The summed E-state index contributed by atoms with van der Waals surface area (Å²) in [7, 11) is 0. The largest absolute Gasteiger partial charge is 0.343 e. The Morgan fingerprint density at radius 2 is 1.64 bits per heavy atom. The standard InChI is InChI=1S/C23H29NO/c1-19-10-12-20(13-11-19)8-5-9-23(25)24-16-14-22(15-17-24)18-21-6-3-2-4-7-21/h2-4,6-7,10-13,22H,5,8-9,14-18H2,1H3. The fraction of sp³-hybridized carbons (Fsp3) is 0.435. The van der Waals surface area contributed by atoms with Crippen molar-refractivity contribution >= 4 is 5.91 Å². The van der Waals surface area contributed by atoms with Crippen molar-refractivity contribution in [2.45, 2.75) is 45.4 Å². The highest BCUT2D eigenvalue weighted by molar-refractivity contribution is 5.76. The van der Waals surface area contributed by atoms with Crippen LogP contribution >= 0.6 is 0 Å². The molecule has 2 heteroatoms. The zero-order valence-electron chi connectivity index (χ0n) is 15.3. The van der Waals surface area contributed by atoms with Gasteiger partial charge in [-0.25, -0.2) is 0 Å². The summed E-state index contributed by atoms with van der Waals surface area (Å²) in [6.45, 7) is 3.97. The average molecular weight is 335 g/mol. The first-order valence-corrected chi connectivity index (χ1v) is 9.58. The molecule has 1 amide bonds. The quantitative estimate of drug-likeness (QED) is 0.742. The molecule has 0 atom stereocenters. The van der Waals surface area contributed by atoms with Gasteiger partial charge in [-0.3, -0.25) is 4.79 Å². The molecule has 132 valence electrons. The maximum atomic E-state index is 12.4. The van der Waals surface area contributed by atoms with Gasteiger partial charge in [-0.15, -0.1) is 0 Å². The van der Waals surface area contributed by atoms with E-state index in [4.69, 9.17) is 0 Å². The highest BCUT2D eigenvalue weighted by Gasteiger charge is 2.22. The van der Waals surface area contributed by atoms with Crippen LogP contribution < -0.4 is 0 Å². The van der Waals surface area contributed by atoms with Gasteiger partial charge in [0.05, 0.1) is 0 Å². The Bertz CT molecular complexity index is 654. The average Bonchev–Trinajstić information content (AvgIpc) is 2.65. The van der Waals surface area contributed by atoms with E-state index < -0.39 is 0 Å². The third-order valence-electron chi connectivity index (χ3n) is 5.31. The lowest BCUT2D eigenvalue weighted by molar-refractivity contribution is -0.132. The minimum absolute atomic E-state index is 0.338. The predicted octanol–water partition coefficient (Wildman–Crippen LogP) is 4.80. The number of hydrogen-bond acceptors (Lipinski definition) is 1. The Hall–Kier alpha value is -2.09. The number of benzene rings is 2. The second-order valence-electron chi connectivity index (χ2n) is 7.35. The van der Waals surface area contributed by atoms with Crippen molar-refractivity contribution in [1.29, 1.82) is 0 Å². The molecular formula is C23H29NO. The Balaban J connectivity index is 1.37. The van der Waals surface area contributed by atoms with Crippen molar-refractivity contribution in [2.75, 3.05) is 13.1 Å². The van der Waals surface area contributed by atoms with Gasteiger partial charge in [0.25, 0.3) is 0 Å². The fourth-order valence-electron chi connectivity index (χ4n) is 3.69. The predicted molar refractivity (Wildman–Crippen MR) is 104 cm³/mol. The Morgan fingerprint density at radius 3 is 2.32 bits per heavy atom. The number of nitrogens with zero attached hydrogens (tertiary/aromatic N) is 1. The molecule has 2 aromatic carbocycles. The van der Waals surface area contributed by atoms with Crippen molar-refractivity contribution in [3.05, 3.63) is 71.3 Å². The van der Waals surface area contributed by atoms with Crippen LogP contribution in [0, 0.1) is 12.8 Å². The number of carbonyl (C=O) groups excluding carboxylic acids is 1. The first-order valence-electron chi connectivity index (χ1n) is 9.58. The van der Waals surface area contributed by atoms with Crippen LogP contribution in [-0.2, 0) is 17.6 Å². The molecule has 1 fully saturated rings. The molecule has 0 aliphatic carbocycles. The van der Waals surface area contributed by atoms with E-state index in [9.17, 15) is 4.79 Å². The van der Waals surface area contributed by atoms with Gasteiger partial charge < -0.3 is 4.90 Å². The molecule has 2 aromatic rings. The van der Waals surface area contributed by atoms with Gasteiger partial charge in [0.2, 0.25) is 5.91 Å². The normalized spacial score (nSPS) is 15.3. The molecular weight excluding hydrogens is 306 g/mol. The molecule has 1 saturated heterocycles. The summed E-state index contributed by atoms with van der Waals surface area (Å²) >= 11 is 0. The summed E-state index contributed by atoms with van der Waals surface area (Å²) in [6.07, 6.45) is 6.05. The number of likely N-dealkylation sites (tertiary alicyclic amines) is 1. The van der Waals surface area contributed by atoms with E-state index in [1.165, 1.54) is 16.7 Å². The zero-order chi connectivity index (χ0) is 17.5. The lowest BCUT2D eigenvalue weighted by Gasteiger charge is -2.32. The van der Waals surface area contributed by atoms with Crippen LogP contribution in [0.5, 0.6) is 0 Å². The third-order valence-corrected chi connectivity index (χ3v) is 5.31. The zero-order valence-corrected chi connectivity index (χ0v) is 15.3. The van der Waals surface area contributed by atoms with Crippen molar-refractivity contribution in [1.82, 2.24) is 4.90 Å². The van der Waals surface area contributed by atoms with Crippen molar-refractivity contribution < 1.29 is 4.79 Å². The van der Waals surface area contributed by atoms with E-state index in [1.54, 1.807) is 0 Å². The minimum atomic E-state index is 0.338. The van der Waals surface area contributed by atoms with Gasteiger partial charge in [0, 0.05) is 19.5 Å². The number of aryl methyl sites for hydroxylation is 2. The molecule has 1 aliphatic rings. The topological polar surface area (TPSA) is 20.3 Å². The van der Waals surface area contributed by atoms with Gasteiger partial charge in [-0.05, 0) is 56.1 Å². The number of carbonyl (C=O) groups is 1. The van der Waals surface area contributed by atoms with Crippen LogP contribution in [0.25, 0.3) is 0 Å². The third kappa shape index (κ3) is 5.45. The van der Waals surface area contributed by atoms with E-state index in [0.717, 1.165) is 51.1 Å². The summed E-state index contributed by atoms with van der Waals surface area (Å²) in [5.74, 6) is 1.06. The van der Waals surface area contributed by atoms with Crippen LogP contribution in [0.1, 0.15) is 42.4 Å². The van der Waals surface area contributed by atoms with Crippen molar-refractivity contribution in [3.8, 4) is 0 Å². The SMILES string of the molecule is Cc1ccc(CCCC(=O)N2CCC(Cc3ccccc3)CC2)cc1. The van der Waals surface area contributed by atoms with Crippen LogP contribution in [0.4, 0.5) is 0 Å². The molecule has 0 unspecified atom stereocenters. The summed E-state index contributed by atoms with van der Waals surface area (Å²) in [5, 5.41) is 0. The second-order valence-corrected chi connectivity index (χ2v) is 7.35. The maximum Gasteiger partial charge on any atom is 0.222 e. The van der Waals surface area contributed by atoms with Crippen molar-refractivity contribution in [2.24, 2.45) is 5.92 Å². The lowest BCUT2D eigenvalue weighted by atomic mass is 9.90. The van der Waals surface area contributed by atoms with E-state index >= 15 is 0 Å². The molecule has 3 rings (SSSR count). The van der Waals surface area contributed by atoms with Gasteiger partial charge in [-0.1, -0.05) is 60.2 Å². The van der Waals surface area contributed by atoms with E-state index in [2.05, 4.69) is 66.4 Å². The van der Waals surface area contributed by atoms with E-state index in [0.29, 0.717) is 12.3 Å². The van der Waals surface area contributed by atoms with Gasteiger partial charge in [-0.2, -0.15) is 0 Å². The Labute approximate surface area is 151 Å². The first-order chi connectivity index (χ1) is 12.2. The molecule has 0 bridgehead atoms. The van der Waals surface area contributed by atoms with Crippen LogP contribution in [0.3, 0.4) is 0 Å². The summed E-state index contributed by atoms with van der Waals surface area (Å²) in [6, 6.07) is 19.4. The number of hydrogen-bond donors (Lipinski definition) is 0. The lowest BCUT2D eigenvalue weighted by Crippen LogP contribution is -2.38. The van der Waals surface area contributed by atoms with Gasteiger partial charge in [0.1, 0.15) is 0 Å². The molecule has 2 nitrogen and oxygen atoms in total. The molecule has 0 spiro atoms. The Kier molecular flexibility index (Phi) is 6.27. The summed E-state index contributed by atoms with van der Waals surface area (Å²) in [4.78, 5) is 14.5. The monoisotopic (exact) mass is 335 g/mol. The Morgan fingerprint density at radius 1 is 0.960 bits per heavy atom. The van der Waals surface area contributed by atoms with Crippen LogP contribution in [0.2, 0.25) is 0 Å². The van der Waals surface area contributed by atoms with E-state index in [-0.39, 0.29) is 0 Å². The molecule has 0 N–H and O–H groups in total. The molecule has 0 aromatic heterocycles. The number of amides is 1. The van der Waals surface area contributed by atoms with Gasteiger partial charge in [0.15, 0.2) is 0 Å². The molecule has 0 saturated carbocycles. The fourth-order valence-corrected chi connectivity index (χ4v) is 3.69. The minimum Gasteiger partial charge on any atom is -0.343 e. The van der Waals surface area contributed by atoms with Crippen LogP contribution in [0.15, 0.2) is 54.6 Å². The van der Waals surface area contributed by atoms with Crippen LogP contribution in [-0.4, -0.2) is 23.9 Å².